The molecule has 0 atom stereocenters. The van der Waals surface area contributed by atoms with E-state index in [4.69, 9.17) is 9.63 Å². The van der Waals surface area contributed by atoms with Gasteiger partial charge in [-0.05, 0) is 6.92 Å². The van der Waals surface area contributed by atoms with Crippen molar-refractivity contribution in [3.8, 4) is 0 Å². The highest BCUT2D eigenvalue weighted by Gasteiger charge is 2.19. The average molecular weight is 251 g/mol. The molecule has 8 nitrogen and oxygen atoms in total. The second-order valence-electron chi connectivity index (χ2n) is 3.70. The zero-order chi connectivity index (χ0) is 13.3. The Labute approximate surface area is 101 Å². The number of aromatic nitrogens is 2. The SMILES string of the molecule is Cc1cc(Cn2cc([N+](=O)[O-])cc2C(=O)O)no1. The lowest BCUT2D eigenvalue weighted by Crippen LogP contribution is -2.08. The summed E-state index contributed by atoms with van der Waals surface area (Å²) in [7, 11) is 0. The molecule has 0 saturated heterocycles. The molecule has 0 spiro atoms. The van der Waals surface area contributed by atoms with E-state index in [1.165, 1.54) is 4.57 Å². The first-order valence-corrected chi connectivity index (χ1v) is 4.97. The highest BCUT2D eigenvalue weighted by molar-refractivity contribution is 5.86. The lowest BCUT2D eigenvalue weighted by atomic mass is 10.3. The van der Waals surface area contributed by atoms with Crippen LogP contribution >= 0.6 is 0 Å². The minimum atomic E-state index is -1.23. The Morgan fingerprint density at radius 1 is 1.61 bits per heavy atom. The van der Waals surface area contributed by atoms with Crippen LogP contribution < -0.4 is 0 Å². The topological polar surface area (TPSA) is 111 Å². The van der Waals surface area contributed by atoms with Crippen molar-refractivity contribution in [2.24, 2.45) is 0 Å². The normalized spacial score (nSPS) is 10.5. The van der Waals surface area contributed by atoms with Gasteiger partial charge in [-0.25, -0.2) is 4.79 Å². The van der Waals surface area contributed by atoms with E-state index in [1.807, 2.05) is 0 Å². The minimum Gasteiger partial charge on any atom is -0.477 e. The number of nitrogens with zero attached hydrogens (tertiary/aromatic N) is 3. The number of hydrogen-bond acceptors (Lipinski definition) is 5. The molecule has 0 unspecified atom stereocenters. The largest absolute Gasteiger partial charge is 0.477 e. The lowest BCUT2D eigenvalue weighted by Gasteiger charge is -2.01. The zero-order valence-electron chi connectivity index (χ0n) is 9.36. The molecule has 0 radical (unpaired) electrons. The van der Waals surface area contributed by atoms with Crippen LogP contribution in [0.3, 0.4) is 0 Å². The van der Waals surface area contributed by atoms with Gasteiger partial charge in [-0.1, -0.05) is 5.16 Å². The van der Waals surface area contributed by atoms with Crippen molar-refractivity contribution in [2.75, 3.05) is 0 Å². The minimum absolute atomic E-state index is 0.104. The molecule has 0 aliphatic carbocycles. The van der Waals surface area contributed by atoms with Gasteiger partial charge >= 0.3 is 5.97 Å². The number of carboxylic acids is 1. The molecule has 0 aromatic carbocycles. The Morgan fingerprint density at radius 3 is 2.83 bits per heavy atom. The Hall–Kier alpha value is -2.64. The van der Waals surface area contributed by atoms with Gasteiger partial charge in [0.15, 0.2) is 0 Å². The molecular weight excluding hydrogens is 242 g/mol. The molecule has 0 saturated carbocycles. The fourth-order valence-corrected chi connectivity index (χ4v) is 1.57. The molecule has 2 heterocycles. The van der Waals surface area contributed by atoms with Crippen LogP contribution in [0.15, 0.2) is 22.9 Å². The van der Waals surface area contributed by atoms with Gasteiger partial charge in [-0.15, -0.1) is 0 Å². The number of carbonyl (C=O) groups is 1. The molecule has 2 aromatic heterocycles. The van der Waals surface area contributed by atoms with E-state index in [9.17, 15) is 14.9 Å². The number of hydrogen-bond donors (Lipinski definition) is 1. The number of carboxylic acid groups (broad SMARTS) is 1. The summed E-state index contributed by atoms with van der Waals surface area (Å²) in [5, 5.41) is 23.3. The molecule has 94 valence electrons. The van der Waals surface area contributed by atoms with Gasteiger partial charge in [-0.2, -0.15) is 0 Å². The third-order valence-corrected chi connectivity index (χ3v) is 2.32. The summed E-state index contributed by atoms with van der Waals surface area (Å²) < 4.78 is 6.09. The quantitative estimate of drug-likeness (QED) is 0.650. The maximum atomic E-state index is 11.0. The monoisotopic (exact) mass is 251 g/mol. The maximum absolute atomic E-state index is 11.0. The Kier molecular flexibility index (Phi) is 2.84. The summed E-state index contributed by atoms with van der Waals surface area (Å²) in [6.07, 6.45) is 1.16. The Balaban J connectivity index is 2.36. The van der Waals surface area contributed by atoms with E-state index in [2.05, 4.69) is 5.16 Å². The van der Waals surface area contributed by atoms with Gasteiger partial charge in [-0.3, -0.25) is 10.1 Å². The number of aromatic carboxylic acids is 1. The van der Waals surface area contributed by atoms with E-state index in [0.29, 0.717) is 11.5 Å². The van der Waals surface area contributed by atoms with E-state index in [0.717, 1.165) is 12.3 Å². The molecule has 2 rings (SSSR count). The zero-order valence-corrected chi connectivity index (χ0v) is 9.36. The van der Waals surface area contributed by atoms with Crippen LogP contribution in [0.5, 0.6) is 0 Å². The summed E-state index contributed by atoms with van der Waals surface area (Å²) >= 11 is 0. The maximum Gasteiger partial charge on any atom is 0.352 e. The molecule has 0 bridgehead atoms. The summed E-state index contributed by atoms with van der Waals surface area (Å²) in [6, 6.07) is 2.65. The smallest absolute Gasteiger partial charge is 0.352 e. The molecule has 0 aliphatic rings. The van der Waals surface area contributed by atoms with Crippen LogP contribution in [0.2, 0.25) is 0 Å². The third kappa shape index (κ3) is 2.21. The van der Waals surface area contributed by atoms with E-state index < -0.39 is 10.9 Å². The van der Waals surface area contributed by atoms with Gasteiger partial charge in [0.25, 0.3) is 5.69 Å². The van der Waals surface area contributed by atoms with Gasteiger partial charge in [0, 0.05) is 12.1 Å². The van der Waals surface area contributed by atoms with Crippen molar-refractivity contribution in [1.29, 1.82) is 0 Å². The van der Waals surface area contributed by atoms with Gasteiger partial charge in [0.1, 0.15) is 17.1 Å². The lowest BCUT2D eigenvalue weighted by molar-refractivity contribution is -0.384. The van der Waals surface area contributed by atoms with Crippen LogP contribution in [-0.2, 0) is 6.54 Å². The van der Waals surface area contributed by atoms with Crippen molar-refractivity contribution >= 4 is 11.7 Å². The van der Waals surface area contributed by atoms with Crippen LogP contribution in [-0.4, -0.2) is 25.7 Å². The molecule has 18 heavy (non-hydrogen) atoms. The van der Waals surface area contributed by atoms with Crippen molar-refractivity contribution in [2.45, 2.75) is 13.5 Å². The second-order valence-corrected chi connectivity index (χ2v) is 3.70. The van der Waals surface area contributed by atoms with Crippen LogP contribution in [0, 0.1) is 17.0 Å². The van der Waals surface area contributed by atoms with E-state index in [-0.39, 0.29) is 17.9 Å². The number of aryl methyl sites for hydroxylation is 1. The number of rotatable bonds is 4. The van der Waals surface area contributed by atoms with Crippen LogP contribution in [0.4, 0.5) is 5.69 Å². The fourth-order valence-electron chi connectivity index (χ4n) is 1.57. The van der Waals surface area contributed by atoms with Gasteiger partial charge in [0.05, 0.1) is 17.7 Å². The van der Waals surface area contributed by atoms with Crippen LogP contribution in [0.25, 0.3) is 0 Å². The molecule has 0 aliphatic heterocycles. The van der Waals surface area contributed by atoms with E-state index >= 15 is 0 Å². The molecule has 0 fully saturated rings. The summed E-state index contributed by atoms with van der Waals surface area (Å²) in [5.41, 5.74) is 0.0652. The van der Waals surface area contributed by atoms with Crippen molar-refractivity contribution in [3.63, 3.8) is 0 Å². The fraction of sp³-hybridized carbons (Fsp3) is 0.200. The Bertz CT molecular complexity index is 613. The van der Waals surface area contributed by atoms with E-state index in [1.54, 1.807) is 13.0 Å². The summed E-state index contributed by atoms with van der Waals surface area (Å²) in [5.74, 6) is -0.646. The molecule has 0 amide bonds. The average Bonchev–Trinajstić information content (AvgIpc) is 2.85. The second kappa shape index (κ2) is 4.32. The third-order valence-electron chi connectivity index (χ3n) is 2.32. The van der Waals surface area contributed by atoms with Gasteiger partial charge < -0.3 is 14.2 Å². The number of nitro groups is 1. The summed E-state index contributed by atoms with van der Waals surface area (Å²) in [4.78, 5) is 20.9. The van der Waals surface area contributed by atoms with Gasteiger partial charge in [0.2, 0.25) is 0 Å². The first-order valence-electron chi connectivity index (χ1n) is 4.97. The highest BCUT2D eigenvalue weighted by Crippen LogP contribution is 2.18. The highest BCUT2D eigenvalue weighted by atomic mass is 16.6. The van der Waals surface area contributed by atoms with Crippen LogP contribution in [0.1, 0.15) is 21.9 Å². The standard InChI is InChI=1S/C10H9N3O5/c1-6-2-7(11-18-6)4-12-5-8(13(16)17)3-9(12)10(14)15/h2-3,5H,4H2,1H3,(H,14,15). The van der Waals surface area contributed by atoms with Crippen molar-refractivity contribution in [3.05, 3.63) is 45.6 Å². The first-order chi connectivity index (χ1) is 8.47. The molecule has 1 N–H and O–H groups in total. The Morgan fingerprint density at radius 2 is 2.33 bits per heavy atom. The predicted molar refractivity (Wildman–Crippen MR) is 58.4 cm³/mol. The van der Waals surface area contributed by atoms with Crippen molar-refractivity contribution in [1.82, 2.24) is 9.72 Å². The predicted octanol–water partition coefficient (Wildman–Crippen LogP) is 1.44. The molecular formula is C10H9N3O5. The molecule has 8 heteroatoms. The molecule has 2 aromatic rings. The first kappa shape index (κ1) is 11.8. The van der Waals surface area contributed by atoms with Crippen molar-refractivity contribution < 1.29 is 19.3 Å². The summed E-state index contributed by atoms with van der Waals surface area (Å²) in [6.45, 7) is 1.81.